The Bertz CT molecular complexity index is 1040. The van der Waals surface area contributed by atoms with Crippen molar-refractivity contribution in [2.75, 3.05) is 12.4 Å². The Hall–Kier alpha value is -3.67. The monoisotopic (exact) mass is 372 g/mol. The van der Waals surface area contributed by atoms with E-state index < -0.39 is 0 Å². The lowest BCUT2D eigenvalue weighted by molar-refractivity contribution is 0.414. The van der Waals surface area contributed by atoms with Gasteiger partial charge in [-0.05, 0) is 36.8 Å². The van der Waals surface area contributed by atoms with E-state index in [1.165, 1.54) is 5.56 Å². The molecule has 1 N–H and O–H groups in total. The topological polar surface area (TPSA) is 73.1 Å². The molecule has 6 nitrogen and oxygen atoms in total. The predicted octanol–water partition coefficient (Wildman–Crippen LogP) is 4.73. The zero-order chi connectivity index (χ0) is 19.3. The van der Waals surface area contributed by atoms with Crippen molar-refractivity contribution in [1.82, 2.24) is 15.1 Å². The molecule has 0 aliphatic heterocycles. The van der Waals surface area contributed by atoms with Crippen molar-refractivity contribution in [3.8, 4) is 28.6 Å². The summed E-state index contributed by atoms with van der Waals surface area (Å²) in [6.07, 6.45) is 1.72. The van der Waals surface area contributed by atoms with Gasteiger partial charge in [-0.25, -0.2) is 4.98 Å². The molecular formula is C22H20N4O2. The number of hydrogen-bond donors (Lipinski definition) is 1. The Balaban J connectivity index is 1.42. The third kappa shape index (κ3) is 4.01. The summed E-state index contributed by atoms with van der Waals surface area (Å²) in [5.41, 5.74) is 4.04. The van der Waals surface area contributed by atoms with Gasteiger partial charge in [0.25, 0.3) is 5.89 Å². The molecule has 2 heterocycles. The lowest BCUT2D eigenvalue weighted by Crippen LogP contribution is -2.01. The molecule has 0 amide bonds. The number of benzene rings is 2. The van der Waals surface area contributed by atoms with Gasteiger partial charge in [0.1, 0.15) is 11.6 Å². The Labute approximate surface area is 163 Å². The van der Waals surface area contributed by atoms with E-state index in [9.17, 15) is 0 Å². The average Bonchev–Trinajstić information content (AvgIpc) is 3.24. The molecule has 0 spiro atoms. The van der Waals surface area contributed by atoms with Crippen LogP contribution in [0.3, 0.4) is 0 Å². The van der Waals surface area contributed by atoms with Gasteiger partial charge in [0.15, 0.2) is 0 Å². The van der Waals surface area contributed by atoms with Crippen LogP contribution in [0.5, 0.6) is 5.75 Å². The van der Waals surface area contributed by atoms with Crippen molar-refractivity contribution >= 4 is 5.82 Å². The van der Waals surface area contributed by atoms with E-state index in [-0.39, 0.29) is 0 Å². The predicted molar refractivity (Wildman–Crippen MR) is 108 cm³/mol. The number of aryl methyl sites for hydroxylation is 1. The minimum atomic E-state index is 0.449. The number of nitrogens with zero attached hydrogens (tertiary/aromatic N) is 3. The molecule has 0 radical (unpaired) electrons. The Morgan fingerprint density at radius 3 is 2.36 bits per heavy atom. The minimum Gasteiger partial charge on any atom is -0.497 e. The summed E-state index contributed by atoms with van der Waals surface area (Å²) < 4.78 is 10.6. The van der Waals surface area contributed by atoms with Gasteiger partial charge in [-0.15, -0.1) is 0 Å². The third-order valence-corrected chi connectivity index (χ3v) is 4.38. The highest BCUT2D eigenvalue weighted by Crippen LogP contribution is 2.23. The molecule has 6 heteroatoms. The molecule has 0 fully saturated rings. The van der Waals surface area contributed by atoms with Crippen LogP contribution in [0.25, 0.3) is 22.8 Å². The summed E-state index contributed by atoms with van der Waals surface area (Å²) in [6, 6.07) is 19.7. The first-order valence-electron chi connectivity index (χ1n) is 8.95. The van der Waals surface area contributed by atoms with Gasteiger partial charge < -0.3 is 14.6 Å². The van der Waals surface area contributed by atoms with E-state index in [4.69, 9.17) is 9.26 Å². The average molecular weight is 372 g/mol. The molecule has 28 heavy (non-hydrogen) atoms. The van der Waals surface area contributed by atoms with Crippen molar-refractivity contribution in [2.45, 2.75) is 13.5 Å². The second-order valence-corrected chi connectivity index (χ2v) is 6.42. The molecule has 140 valence electrons. The van der Waals surface area contributed by atoms with Gasteiger partial charge >= 0.3 is 0 Å². The van der Waals surface area contributed by atoms with Crippen LogP contribution in [0, 0.1) is 6.92 Å². The standard InChI is InChI=1S/C22H20N4O2/c1-15-3-7-17(8-4-15)21-25-22(28-26-21)18-9-12-20(24-14-18)23-13-16-5-10-19(27-2)11-6-16/h3-12,14H,13H2,1-2H3,(H,23,24). The Kier molecular flexibility index (Phi) is 5.01. The molecule has 0 saturated carbocycles. The van der Waals surface area contributed by atoms with E-state index in [2.05, 4.69) is 20.4 Å². The summed E-state index contributed by atoms with van der Waals surface area (Å²) in [5, 5.41) is 7.36. The number of pyridine rings is 1. The molecule has 0 atom stereocenters. The van der Waals surface area contributed by atoms with Crippen LogP contribution < -0.4 is 10.1 Å². The second kappa shape index (κ2) is 7.92. The molecule has 0 bridgehead atoms. The van der Waals surface area contributed by atoms with Crippen molar-refractivity contribution < 1.29 is 9.26 Å². The van der Waals surface area contributed by atoms with Crippen LogP contribution in [0.2, 0.25) is 0 Å². The maximum absolute atomic E-state index is 5.39. The maximum atomic E-state index is 5.39. The molecule has 0 saturated heterocycles. The van der Waals surface area contributed by atoms with Crippen LogP contribution >= 0.6 is 0 Å². The lowest BCUT2D eigenvalue weighted by Gasteiger charge is -2.06. The molecule has 0 aliphatic rings. The maximum Gasteiger partial charge on any atom is 0.259 e. The van der Waals surface area contributed by atoms with Crippen molar-refractivity contribution in [1.29, 1.82) is 0 Å². The van der Waals surface area contributed by atoms with Gasteiger partial charge in [0.05, 0.1) is 12.7 Å². The molecule has 4 rings (SSSR count). The highest BCUT2D eigenvalue weighted by atomic mass is 16.5. The summed E-state index contributed by atoms with van der Waals surface area (Å²) in [5.74, 6) is 2.63. The van der Waals surface area contributed by atoms with Crippen molar-refractivity contribution in [3.05, 3.63) is 78.0 Å². The van der Waals surface area contributed by atoms with Gasteiger partial charge in [-0.2, -0.15) is 4.98 Å². The SMILES string of the molecule is COc1ccc(CNc2ccc(-c3nc(-c4ccc(C)cc4)no3)cn2)cc1. The number of nitrogens with one attached hydrogen (secondary N) is 1. The first-order valence-corrected chi connectivity index (χ1v) is 8.95. The van der Waals surface area contributed by atoms with E-state index in [1.807, 2.05) is 67.6 Å². The van der Waals surface area contributed by atoms with Crippen LogP contribution in [-0.2, 0) is 6.54 Å². The molecule has 0 unspecified atom stereocenters. The van der Waals surface area contributed by atoms with Crippen LogP contribution in [0.1, 0.15) is 11.1 Å². The van der Waals surface area contributed by atoms with E-state index >= 15 is 0 Å². The van der Waals surface area contributed by atoms with Gasteiger partial charge in [0, 0.05) is 18.3 Å². The first-order chi connectivity index (χ1) is 13.7. The third-order valence-electron chi connectivity index (χ3n) is 4.38. The minimum absolute atomic E-state index is 0.449. The molecule has 2 aromatic heterocycles. The Morgan fingerprint density at radius 2 is 1.68 bits per heavy atom. The lowest BCUT2D eigenvalue weighted by atomic mass is 10.1. The fourth-order valence-electron chi connectivity index (χ4n) is 2.72. The molecule has 2 aromatic carbocycles. The highest BCUT2D eigenvalue weighted by Gasteiger charge is 2.11. The van der Waals surface area contributed by atoms with Crippen molar-refractivity contribution in [2.24, 2.45) is 0 Å². The quantitative estimate of drug-likeness (QED) is 0.528. The first kappa shape index (κ1) is 17.7. The van der Waals surface area contributed by atoms with Gasteiger partial charge in [-0.3, -0.25) is 0 Å². The number of ether oxygens (including phenoxy) is 1. The zero-order valence-electron chi connectivity index (χ0n) is 15.7. The fraction of sp³-hybridized carbons (Fsp3) is 0.136. The highest BCUT2D eigenvalue weighted by molar-refractivity contribution is 5.60. The largest absolute Gasteiger partial charge is 0.497 e. The molecular weight excluding hydrogens is 352 g/mol. The van der Waals surface area contributed by atoms with Gasteiger partial charge in [0.2, 0.25) is 5.82 Å². The van der Waals surface area contributed by atoms with E-state index in [1.54, 1.807) is 13.3 Å². The van der Waals surface area contributed by atoms with E-state index in [0.29, 0.717) is 18.3 Å². The number of aromatic nitrogens is 3. The smallest absolute Gasteiger partial charge is 0.259 e. The van der Waals surface area contributed by atoms with Gasteiger partial charge in [-0.1, -0.05) is 47.1 Å². The molecule has 4 aromatic rings. The zero-order valence-corrected chi connectivity index (χ0v) is 15.7. The summed E-state index contributed by atoms with van der Waals surface area (Å²) >= 11 is 0. The number of anilines is 1. The fourth-order valence-corrected chi connectivity index (χ4v) is 2.72. The Morgan fingerprint density at radius 1 is 0.929 bits per heavy atom. The number of hydrogen-bond acceptors (Lipinski definition) is 6. The van der Waals surface area contributed by atoms with Crippen LogP contribution in [-0.4, -0.2) is 22.2 Å². The van der Waals surface area contributed by atoms with Crippen molar-refractivity contribution in [3.63, 3.8) is 0 Å². The van der Waals surface area contributed by atoms with Crippen LogP contribution in [0.15, 0.2) is 71.4 Å². The summed E-state index contributed by atoms with van der Waals surface area (Å²) in [7, 11) is 1.66. The summed E-state index contributed by atoms with van der Waals surface area (Å²) in [6.45, 7) is 2.72. The van der Waals surface area contributed by atoms with E-state index in [0.717, 1.165) is 28.3 Å². The van der Waals surface area contributed by atoms with Crippen LogP contribution in [0.4, 0.5) is 5.82 Å². The summed E-state index contributed by atoms with van der Waals surface area (Å²) in [4.78, 5) is 8.90. The number of methoxy groups -OCH3 is 1. The number of rotatable bonds is 6. The molecule has 0 aliphatic carbocycles. The normalized spacial score (nSPS) is 10.6. The second-order valence-electron chi connectivity index (χ2n) is 6.42.